The van der Waals surface area contributed by atoms with Crippen molar-refractivity contribution >= 4 is 55.2 Å². The number of carbonyl (C=O) groups is 2. The Balaban J connectivity index is 1.29. The number of likely N-dealkylation sites (tertiary alicyclic amines) is 1. The van der Waals surface area contributed by atoms with Crippen LogP contribution in [-0.2, 0) is 16.6 Å². The Labute approximate surface area is 262 Å². The number of nitrogens with one attached hydrogen (secondary N) is 1. The second-order valence-corrected chi connectivity index (χ2v) is 12.5. The Morgan fingerprint density at radius 1 is 0.952 bits per heavy atom. The lowest BCUT2D eigenvalue weighted by atomic mass is 9.74. The van der Waals surface area contributed by atoms with E-state index in [4.69, 9.17) is 5.73 Å². The predicted octanol–water partition coefficient (Wildman–Crippen LogP) is 4.72. The largest absolute Gasteiger partial charge is 0.397 e. The Morgan fingerprint density at radius 3 is 2.17 bits per heavy atom. The summed E-state index contributed by atoms with van der Waals surface area (Å²) in [6.45, 7) is 3.34. The van der Waals surface area contributed by atoms with Crippen LogP contribution >= 0.6 is 31.9 Å². The van der Waals surface area contributed by atoms with Crippen LogP contribution in [0.25, 0.3) is 0 Å². The summed E-state index contributed by atoms with van der Waals surface area (Å²) in [5.41, 5.74) is 8.97. The van der Waals surface area contributed by atoms with Gasteiger partial charge in [0, 0.05) is 72.7 Å². The molecule has 3 aromatic rings. The summed E-state index contributed by atoms with van der Waals surface area (Å²) in [6.07, 6.45) is 4.92. The summed E-state index contributed by atoms with van der Waals surface area (Å²) in [5.74, 6) is -0.116. The molecule has 3 N–H and O–H groups in total. The normalized spacial score (nSPS) is 17.3. The zero-order valence-electron chi connectivity index (χ0n) is 23.2. The number of nitrogens with zero attached hydrogens (tertiary/aromatic N) is 5. The van der Waals surface area contributed by atoms with E-state index in [1.165, 1.54) is 0 Å². The Hall–Kier alpha value is -3.62. The number of halogens is 2. The number of benzene rings is 2. The molecule has 1 atom stereocenters. The Bertz CT molecular complexity index is 1430. The zero-order valence-corrected chi connectivity index (χ0v) is 26.4. The van der Waals surface area contributed by atoms with E-state index in [0.717, 1.165) is 25.8 Å². The first-order valence-corrected chi connectivity index (χ1v) is 15.6. The number of pyridine rings is 1. The third-order valence-corrected chi connectivity index (χ3v) is 9.55. The van der Waals surface area contributed by atoms with Gasteiger partial charge in [0.2, 0.25) is 5.91 Å². The maximum Gasteiger partial charge on any atom is 0.318 e. The van der Waals surface area contributed by atoms with E-state index in [-0.39, 0.29) is 11.9 Å². The van der Waals surface area contributed by atoms with E-state index < -0.39 is 11.5 Å². The number of aromatic nitrogens is 1. The molecule has 9 nitrogen and oxygen atoms in total. The quantitative estimate of drug-likeness (QED) is 0.361. The van der Waals surface area contributed by atoms with Gasteiger partial charge in [0.1, 0.15) is 6.04 Å². The summed E-state index contributed by atoms with van der Waals surface area (Å²) >= 11 is 6.99. The minimum absolute atomic E-state index is 0.116. The fourth-order valence-electron chi connectivity index (χ4n) is 5.70. The number of anilines is 2. The average Bonchev–Trinajstić information content (AvgIpc) is 3.04. The van der Waals surface area contributed by atoms with Crippen molar-refractivity contribution in [2.45, 2.75) is 30.7 Å². The molecule has 3 amide bonds. The molecule has 2 aromatic carbocycles. The first kappa shape index (κ1) is 29.9. The summed E-state index contributed by atoms with van der Waals surface area (Å²) < 4.78 is 1.44. The molecule has 3 heterocycles. The third kappa shape index (κ3) is 6.55. The highest BCUT2D eigenvalue weighted by Gasteiger charge is 2.38. The number of nitrogen functional groups attached to an aromatic ring is 1. The van der Waals surface area contributed by atoms with Crippen molar-refractivity contribution in [3.05, 3.63) is 87.1 Å². The Kier molecular flexibility index (Phi) is 9.34. The van der Waals surface area contributed by atoms with Crippen molar-refractivity contribution in [2.24, 2.45) is 0 Å². The van der Waals surface area contributed by atoms with Crippen LogP contribution < -0.4 is 16.0 Å². The smallest absolute Gasteiger partial charge is 0.318 e. The van der Waals surface area contributed by atoms with Gasteiger partial charge in [0.15, 0.2) is 0 Å². The number of carbonyl (C=O) groups excluding carboxylic acids is 2. The highest BCUT2D eigenvalue weighted by Crippen LogP contribution is 2.35. The molecule has 2 aliphatic heterocycles. The van der Waals surface area contributed by atoms with Crippen LogP contribution in [0, 0.1) is 11.3 Å². The van der Waals surface area contributed by atoms with Crippen LogP contribution in [0.2, 0.25) is 0 Å². The molecular weight excluding hydrogens is 662 g/mol. The molecule has 42 heavy (non-hydrogen) atoms. The molecule has 2 fully saturated rings. The average molecular weight is 695 g/mol. The van der Waals surface area contributed by atoms with E-state index in [2.05, 4.69) is 53.1 Å². The molecule has 218 valence electrons. The third-order valence-electron chi connectivity index (χ3n) is 8.24. The number of hydrogen-bond donors (Lipinski definition) is 2. The van der Waals surface area contributed by atoms with Gasteiger partial charge in [-0.15, -0.1) is 0 Å². The molecule has 11 heteroatoms. The lowest BCUT2D eigenvalue weighted by molar-refractivity contribution is -0.133. The zero-order chi connectivity index (χ0) is 29.7. The van der Waals surface area contributed by atoms with Crippen LogP contribution in [0.1, 0.15) is 24.0 Å². The van der Waals surface area contributed by atoms with Crippen LogP contribution in [0.4, 0.5) is 16.2 Å². The topological polar surface area (TPSA) is 119 Å². The van der Waals surface area contributed by atoms with Crippen molar-refractivity contribution < 1.29 is 9.59 Å². The second-order valence-electron chi connectivity index (χ2n) is 10.7. The molecule has 0 aliphatic carbocycles. The standard InChI is InChI=1S/C31H33Br2N7O2/c32-25-18-22(19-26(33)28(25)35)20-27(29(41)39-16-14-38(15-17-39)24-6-10-36-11-7-24)37-30(42)40-12-8-31(21-34,9-13-40)23-4-2-1-3-5-23/h1-7,10-11,18-19,27H,8-9,12-17,20,35H2,(H,37,42)/t27-/m1/s1. The van der Waals surface area contributed by atoms with Gasteiger partial charge in [-0.2, -0.15) is 5.26 Å². The molecular formula is C31H33Br2N7O2. The van der Waals surface area contributed by atoms with Gasteiger partial charge in [-0.1, -0.05) is 30.3 Å². The number of piperazine rings is 1. The van der Waals surface area contributed by atoms with Crippen LogP contribution in [0.3, 0.4) is 0 Å². The predicted molar refractivity (Wildman–Crippen MR) is 170 cm³/mol. The molecule has 2 saturated heterocycles. The van der Waals surface area contributed by atoms with E-state index >= 15 is 0 Å². The van der Waals surface area contributed by atoms with Crippen molar-refractivity contribution in [3.63, 3.8) is 0 Å². The highest BCUT2D eigenvalue weighted by molar-refractivity contribution is 9.11. The molecule has 1 aromatic heterocycles. The second kappa shape index (κ2) is 13.1. The molecule has 0 radical (unpaired) electrons. The minimum Gasteiger partial charge on any atom is -0.397 e. The van der Waals surface area contributed by atoms with Gasteiger partial charge in [0.05, 0.1) is 17.2 Å². The number of nitrogens with two attached hydrogens (primary N) is 1. The SMILES string of the molecule is N#CC1(c2ccccc2)CCN(C(=O)N[C@H](Cc2cc(Br)c(N)c(Br)c2)C(=O)N2CCN(c3ccncc3)CC2)CC1. The van der Waals surface area contributed by atoms with Crippen LogP contribution in [0.5, 0.6) is 0 Å². The number of amides is 3. The number of hydrogen-bond acceptors (Lipinski definition) is 6. The first-order chi connectivity index (χ1) is 20.3. The summed E-state index contributed by atoms with van der Waals surface area (Å²) in [4.78, 5) is 37.3. The van der Waals surface area contributed by atoms with Crippen molar-refractivity contribution in [3.8, 4) is 6.07 Å². The lowest BCUT2D eigenvalue weighted by Crippen LogP contribution is -2.58. The number of rotatable bonds is 6. The molecule has 0 bridgehead atoms. The summed E-state index contributed by atoms with van der Waals surface area (Å²) in [5, 5.41) is 13.1. The maximum absolute atomic E-state index is 13.9. The summed E-state index contributed by atoms with van der Waals surface area (Å²) in [6, 6.07) is 18.9. The van der Waals surface area contributed by atoms with E-state index in [0.29, 0.717) is 64.2 Å². The van der Waals surface area contributed by atoms with Gasteiger partial charge in [0.25, 0.3) is 0 Å². The number of nitriles is 1. The molecule has 5 rings (SSSR count). The minimum atomic E-state index is -0.760. The molecule has 0 spiro atoms. The van der Waals surface area contributed by atoms with E-state index in [9.17, 15) is 14.9 Å². The number of piperidine rings is 1. The number of urea groups is 1. The maximum atomic E-state index is 13.9. The van der Waals surface area contributed by atoms with Gasteiger partial charge in [-0.05, 0) is 80.1 Å². The fraction of sp³-hybridized carbons (Fsp3) is 0.355. The van der Waals surface area contributed by atoms with Gasteiger partial charge >= 0.3 is 6.03 Å². The van der Waals surface area contributed by atoms with E-state index in [1.807, 2.05) is 59.5 Å². The first-order valence-electron chi connectivity index (χ1n) is 14.0. The van der Waals surface area contributed by atoms with Gasteiger partial charge in [-0.3, -0.25) is 9.78 Å². The highest BCUT2D eigenvalue weighted by atomic mass is 79.9. The Morgan fingerprint density at radius 2 is 1.57 bits per heavy atom. The van der Waals surface area contributed by atoms with Crippen molar-refractivity contribution in [2.75, 3.05) is 49.9 Å². The fourth-order valence-corrected chi connectivity index (χ4v) is 6.99. The van der Waals surface area contributed by atoms with Gasteiger partial charge in [-0.25, -0.2) is 4.79 Å². The van der Waals surface area contributed by atoms with Crippen LogP contribution in [-0.4, -0.2) is 72.0 Å². The van der Waals surface area contributed by atoms with Crippen LogP contribution in [0.15, 0.2) is 75.9 Å². The van der Waals surface area contributed by atoms with Crippen molar-refractivity contribution in [1.29, 1.82) is 5.26 Å². The monoisotopic (exact) mass is 693 g/mol. The lowest BCUT2D eigenvalue weighted by Gasteiger charge is -2.39. The molecule has 0 unspecified atom stereocenters. The summed E-state index contributed by atoms with van der Waals surface area (Å²) in [7, 11) is 0. The molecule has 2 aliphatic rings. The van der Waals surface area contributed by atoms with Crippen molar-refractivity contribution in [1.82, 2.24) is 20.1 Å². The van der Waals surface area contributed by atoms with E-state index in [1.54, 1.807) is 17.3 Å². The molecule has 0 saturated carbocycles. The van der Waals surface area contributed by atoms with Gasteiger partial charge < -0.3 is 25.8 Å².